The molecule has 11 heavy (non-hydrogen) atoms. The summed E-state index contributed by atoms with van der Waals surface area (Å²) in [5.74, 6) is -1.33. The van der Waals surface area contributed by atoms with E-state index < -0.39 is 36.7 Å². The van der Waals surface area contributed by atoms with Crippen LogP contribution in [-0.4, -0.2) is 29.0 Å². The zero-order chi connectivity index (χ0) is 8.65. The highest BCUT2D eigenvalue weighted by Crippen LogP contribution is 2.32. The minimum atomic E-state index is -1.73. The monoisotopic (exact) mass is 164 g/mol. The number of alkyl halides is 2. The van der Waals surface area contributed by atoms with Crippen LogP contribution in [0.5, 0.6) is 0 Å². The minimum Gasteiger partial charge on any atom is -0.480 e. The summed E-state index contributed by atoms with van der Waals surface area (Å²) in [5.41, 5.74) is 3.51. The zero-order valence-electron chi connectivity index (χ0n) is 5.76. The molecule has 0 aromatic rings. The molecule has 3 atom stereocenters. The van der Waals surface area contributed by atoms with E-state index in [1.54, 1.807) is 0 Å². The van der Waals surface area contributed by atoms with E-state index in [1.165, 1.54) is 0 Å². The number of hydrogen-bond donors (Lipinski definition) is 2. The SMILES string of the molecule is NC1(C(=O)O)CC(F)C([18F])C1. The molecule has 0 radical (unpaired) electrons. The maximum Gasteiger partial charge on any atom is 0.323 e. The van der Waals surface area contributed by atoms with E-state index in [-0.39, 0.29) is 0 Å². The molecule has 0 spiro atoms. The van der Waals surface area contributed by atoms with Gasteiger partial charge in [0.25, 0.3) is 0 Å². The summed E-state index contributed by atoms with van der Waals surface area (Å²) in [4.78, 5) is 10.4. The van der Waals surface area contributed by atoms with E-state index >= 15 is 0 Å². The molecule has 0 aromatic heterocycles. The normalized spacial score (nSPS) is 44.3. The first-order chi connectivity index (χ1) is 4.96. The molecule has 1 saturated carbocycles. The van der Waals surface area contributed by atoms with Crippen LogP contribution in [0.15, 0.2) is 0 Å². The fraction of sp³-hybridized carbons (Fsp3) is 0.833. The summed E-state index contributed by atoms with van der Waals surface area (Å²) < 4.78 is 24.9. The third kappa shape index (κ3) is 1.33. The molecule has 1 rings (SSSR count). The second-order valence-corrected chi connectivity index (χ2v) is 2.90. The predicted molar refractivity (Wildman–Crippen MR) is 33.6 cm³/mol. The van der Waals surface area contributed by atoms with Crippen molar-refractivity contribution in [3.63, 3.8) is 0 Å². The molecule has 3 unspecified atom stereocenters. The first-order valence-corrected chi connectivity index (χ1v) is 3.26. The summed E-state index contributed by atoms with van der Waals surface area (Å²) in [5, 5.41) is 8.45. The molecule has 3 nitrogen and oxygen atoms in total. The number of carboxylic acid groups (broad SMARTS) is 1. The number of aliphatic carboxylic acids is 1. The Bertz CT molecular complexity index is 175. The third-order valence-electron chi connectivity index (χ3n) is 1.94. The van der Waals surface area contributed by atoms with Gasteiger partial charge in [0.05, 0.1) is 0 Å². The van der Waals surface area contributed by atoms with Crippen molar-refractivity contribution < 1.29 is 18.7 Å². The molecule has 0 saturated heterocycles. The van der Waals surface area contributed by atoms with Crippen LogP contribution < -0.4 is 5.73 Å². The van der Waals surface area contributed by atoms with Crippen molar-refractivity contribution in [2.45, 2.75) is 30.7 Å². The second-order valence-electron chi connectivity index (χ2n) is 2.90. The molecule has 0 aromatic carbocycles. The summed E-state index contributed by atoms with van der Waals surface area (Å²) >= 11 is 0. The van der Waals surface area contributed by atoms with Crippen molar-refractivity contribution in [3.05, 3.63) is 0 Å². The Kier molecular flexibility index (Phi) is 1.83. The maximum absolute atomic E-state index is 12.5. The molecular weight excluding hydrogens is 155 g/mol. The van der Waals surface area contributed by atoms with Gasteiger partial charge in [-0.2, -0.15) is 0 Å². The van der Waals surface area contributed by atoms with Gasteiger partial charge in [0.2, 0.25) is 0 Å². The number of rotatable bonds is 1. The molecule has 0 amide bonds. The van der Waals surface area contributed by atoms with E-state index in [9.17, 15) is 13.6 Å². The van der Waals surface area contributed by atoms with Crippen LogP contribution in [0.1, 0.15) is 12.8 Å². The smallest absolute Gasteiger partial charge is 0.323 e. The van der Waals surface area contributed by atoms with Crippen molar-refractivity contribution in [3.8, 4) is 0 Å². The highest BCUT2D eigenvalue weighted by atomic mass is 19.1. The average Bonchev–Trinajstić information content (AvgIpc) is 2.09. The van der Waals surface area contributed by atoms with Gasteiger partial charge in [-0.3, -0.25) is 4.79 Å². The predicted octanol–water partition coefficient (Wildman–Crippen LogP) is 0.238. The van der Waals surface area contributed by atoms with E-state index in [2.05, 4.69) is 0 Å². The molecule has 1 aliphatic rings. The molecule has 5 heteroatoms. The largest absolute Gasteiger partial charge is 0.480 e. The van der Waals surface area contributed by atoms with E-state index in [1.807, 2.05) is 0 Å². The molecule has 0 bridgehead atoms. The Labute approximate surface area is 62.2 Å². The lowest BCUT2D eigenvalue weighted by atomic mass is 10.00. The van der Waals surface area contributed by atoms with Crippen molar-refractivity contribution in [2.24, 2.45) is 5.73 Å². The number of carboxylic acids is 1. The highest BCUT2D eigenvalue weighted by molar-refractivity contribution is 5.79. The summed E-state index contributed by atoms with van der Waals surface area (Å²) in [7, 11) is 0. The number of nitrogens with two attached hydrogens (primary N) is 1. The first-order valence-electron chi connectivity index (χ1n) is 3.26. The average molecular weight is 164 g/mol. The second kappa shape index (κ2) is 2.41. The van der Waals surface area contributed by atoms with Gasteiger partial charge in [-0.1, -0.05) is 0 Å². The van der Waals surface area contributed by atoms with Crippen LogP contribution in [0.3, 0.4) is 0 Å². The fourth-order valence-corrected chi connectivity index (χ4v) is 1.21. The first kappa shape index (κ1) is 8.39. The van der Waals surface area contributed by atoms with E-state index in [0.29, 0.717) is 0 Å². The van der Waals surface area contributed by atoms with Crippen molar-refractivity contribution >= 4 is 5.97 Å². The van der Waals surface area contributed by atoms with E-state index in [4.69, 9.17) is 10.8 Å². The van der Waals surface area contributed by atoms with Gasteiger partial charge in [-0.25, -0.2) is 8.78 Å². The highest BCUT2D eigenvalue weighted by Gasteiger charge is 2.48. The summed E-state index contributed by atoms with van der Waals surface area (Å²) in [6.45, 7) is 0. The summed E-state index contributed by atoms with van der Waals surface area (Å²) in [6.07, 6.45) is -4.31. The lowest BCUT2D eigenvalue weighted by molar-refractivity contribution is -0.143. The molecular formula is C6H9F2NO2. The van der Waals surface area contributed by atoms with Gasteiger partial charge in [-0.15, -0.1) is 0 Å². The van der Waals surface area contributed by atoms with Crippen LogP contribution in [0.25, 0.3) is 0 Å². The van der Waals surface area contributed by atoms with Crippen molar-refractivity contribution in [1.29, 1.82) is 0 Å². The van der Waals surface area contributed by atoms with Gasteiger partial charge >= 0.3 is 5.97 Å². The molecule has 0 aliphatic heterocycles. The standard InChI is InChI=1S/C6H9F2NO2/c7-3-1-6(9,5(10)11)2-4(3)8/h3-4H,1-2,9H2,(H,10,11)/i7-1. The molecule has 1 aliphatic carbocycles. The molecule has 3 N–H and O–H groups in total. The number of halogens is 2. The third-order valence-corrected chi connectivity index (χ3v) is 1.94. The number of carbonyl (C=O) groups is 1. The van der Waals surface area contributed by atoms with Gasteiger partial charge in [0.15, 0.2) is 0 Å². The van der Waals surface area contributed by atoms with Crippen LogP contribution in [0, 0.1) is 0 Å². The van der Waals surface area contributed by atoms with Gasteiger partial charge in [0.1, 0.15) is 17.9 Å². The molecule has 64 valence electrons. The van der Waals surface area contributed by atoms with Crippen LogP contribution in [0.2, 0.25) is 0 Å². The fourth-order valence-electron chi connectivity index (χ4n) is 1.21. The van der Waals surface area contributed by atoms with Crippen molar-refractivity contribution in [1.82, 2.24) is 0 Å². The molecule has 0 heterocycles. The van der Waals surface area contributed by atoms with E-state index in [0.717, 1.165) is 0 Å². The maximum atomic E-state index is 12.5. The topological polar surface area (TPSA) is 63.3 Å². The van der Waals surface area contributed by atoms with Gasteiger partial charge in [-0.05, 0) is 0 Å². The van der Waals surface area contributed by atoms with Gasteiger partial charge < -0.3 is 10.8 Å². The number of hydrogen-bond acceptors (Lipinski definition) is 2. The Morgan fingerprint density at radius 2 is 1.82 bits per heavy atom. The Hall–Kier alpha value is -0.710. The Morgan fingerprint density at radius 1 is 1.45 bits per heavy atom. The summed E-state index contributed by atoms with van der Waals surface area (Å²) in [6, 6.07) is 0. The van der Waals surface area contributed by atoms with Crippen LogP contribution >= 0.6 is 0 Å². The quantitative estimate of drug-likeness (QED) is 0.583. The Balaban J connectivity index is 2.71. The molecule has 1 fully saturated rings. The van der Waals surface area contributed by atoms with Crippen LogP contribution in [0.4, 0.5) is 8.78 Å². The van der Waals surface area contributed by atoms with Crippen LogP contribution in [-0.2, 0) is 4.79 Å². The Morgan fingerprint density at radius 3 is 2.00 bits per heavy atom. The zero-order valence-corrected chi connectivity index (χ0v) is 5.76. The van der Waals surface area contributed by atoms with Crippen molar-refractivity contribution in [2.75, 3.05) is 0 Å². The minimum absolute atomic E-state index is 0.427. The van der Waals surface area contributed by atoms with Gasteiger partial charge in [0, 0.05) is 12.8 Å². The lowest BCUT2D eigenvalue weighted by Crippen LogP contribution is -2.45. The lowest BCUT2D eigenvalue weighted by Gasteiger charge is -2.15.